The number of likely N-dealkylation sites (tertiary alicyclic amines) is 1. The number of aromatic nitrogens is 2. The van der Waals surface area contributed by atoms with Crippen LogP contribution in [0.25, 0.3) is 11.0 Å². The molecular formula is C25H32N4O2. The number of nitrogens with zero attached hydrogens (tertiary/aromatic N) is 3. The van der Waals surface area contributed by atoms with Gasteiger partial charge in [0.15, 0.2) is 0 Å². The molecule has 6 heteroatoms. The number of carbonyl (C=O) groups is 1. The van der Waals surface area contributed by atoms with Crippen molar-refractivity contribution in [3.8, 4) is 5.75 Å². The average Bonchev–Trinajstić information content (AvgIpc) is 3.15. The molecule has 0 saturated carbocycles. The first kappa shape index (κ1) is 21.4. The van der Waals surface area contributed by atoms with Crippen LogP contribution in [0, 0.1) is 5.92 Å². The van der Waals surface area contributed by atoms with Crippen LogP contribution in [0.3, 0.4) is 0 Å². The molecule has 0 atom stereocenters. The summed E-state index contributed by atoms with van der Waals surface area (Å²) in [7, 11) is 1.69. The summed E-state index contributed by atoms with van der Waals surface area (Å²) in [6.07, 6.45) is 2.80. The number of benzene rings is 2. The van der Waals surface area contributed by atoms with Gasteiger partial charge in [-0.3, -0.25) is 9.69 Å². The molecule has 1 aliphatic heterocycles. The fraction of sp³-hybridized carbons (Fsp3) is 0.440. The van der Waals surface area contributed by atoms with Gasteiger partial charge in [-0.15, -0.1) is 0 Å². The van der Waals surface area contributed by atoms with E-state index in [4.69, 9.17) is 9.72 Å². The van der Waals surface area contributed by atoms with Crippen molar-refractivity contribution in [1.82, 2.24) is 19.8 Å². The predicted molar refractivity (Wildman–Crippen MR) is 123 cm³/mol. The van der Waals surface area contributed by atoms with Crippen molar-refractivity contribution in [3.63, 3.8) is 0 Å². The first-order valence-corrected chi connectivity index (χ1v) is 11.2. The Bertz CT molecular complexity index is 1000. The van der Waals surface area contributed by atoms with E-state index in [1.54, 1.807) is 7.11 Å². The van der Waals surface area contributed by atoms with Crippen LogP contribution in [0.5, 0.6) is 5.75 Å². The molecule has 1 fully saturated rings. The Morgan fingerprint density at radius 3 is 2.55 bits per heavy atom. The Hall–Kier alpha value is -2.86. The molecule has 2 aromatic carbocycles. The van der Waals surface area contributed by atoms with Crippen molar-refractivity contribution in [2.24, 2.45) is 5.92 Å². The fourth-order valence-electron chi connectivity index (χ4n) is 4.28. The second-order valence-electron chi connectivity index (χ2n) is 8.29. The van der Waals surface area contributed by atoms with E-state index in [9.17, 15) is 4.79 Å². The maximum atomic E-state index is 12.3. The lowest BCUT2D eigenvalue weighted by Gasteiger charge is -2.31. The lowest BCUT2D eigenvalue weighted by atomic mass is 9.96. The normalized spacial score (nSPS) is 15.3. The first-order chi connectivity index (χ1) is 15.2. The maximum absolute atomic E-state index is 12.3. The van der Waals surface area contributed by atoms with Crippen LogP contribution in [-0.2, 0) is 17.9 Å². The highest BCUT2D eigenvalue weighted by atomic mass is 16.5. The van der Waals surface area contributed by atoms with Crippen molar-refractivity contribution in [1.29, 1.82) is 0 Å². The molecule has 0 bridgehead atoms. The number of piperidine rings is 1. The molecule has 164 valence electrons. The van der Waals surface area contributed by atoms with Gasteiger partial charge in [0, 0.05) is 19.0 Å². The van der Waals surface area contributed by atoms with E-state index in [0.717, 1.165) is 74.6 Å². The van der Waals surface area contributed by atoms with Crippen molar-refractivity contribution >= 4 is 16.9 Å². The second kappa shape index (κ2) is 9.96. The first-order valence-electron chi connectivity index (χ1n) is 11.2. The molecule has 6 nitrogen and oxygen atoms in total. The molecular weight excluding hydrogens is 388 g/mol. The number of carbonyl (C=O) groups excluding carboxylic acids is 1. The molecule has 1 aromatic heterocycles. The number of para-hydroxylation sites is 2. The lowest BCUT2D eigenvalue weighted by Crippen LogP contribution is -2.40. The third kappa shape index (κ3) is 5.07. The number of hydrogen-bond donors (Lipinski definition) is 1. The number of rotatable bonds is 8. The van der Waals surface area contributed by atoms with Gasteiger partial charge < -0.3 is 14.6 Å². The molecule has 0 aliphatic carbocycles. The van der Waals surface area contributed by atoms with Gasteiger partial charge in [0.1, 0.15) is 11.6 Å². The summed E-state index contributed by atoms with van der Waals surface area (Å²) < 4.78 is 7.61. The van der Waals surface area contributed by atoms with Gasteiger partial charge in [0.05, 0.1) is 24.7 Å². The molecule has 1 aliphatic rings. The molecule has 3 aromatic rings. The number of amides is 1. The lowest BCUT2D eigenvalue weighted by molar-refractivity contribution is -0.126. The highest BCUT2D eigenvalue weighted by molar-refractivity contribution is 5.78. The molecule has 1 saturated heterocycles. The zero-order valence-electron chi connectivity index (χ0n) is 18.5. The largest absolute Gasteiger partial charge is 0.497 e. The second-order valence-corrected chi connectivity index (χ2v) is 8.29. The van der Waals surface area contributed by atoms with E-state index in [2.05, 4.69) is 52.0 Å². The number of ether oxygens (including phenoxy) is 1. The Labute approximate surface area is 184 Å². The summed E-state index contributed by atoms with van der Waals surface area (Å²) >= 11 is 0. The number of methoxy groups -OCH3 is 1. The van der Waals surface area contributed by atoms with E-state index in [1.807, 2.05) is 18.2 Å². The van der Waals surface area contributed by atoms with Gasteiger partial charge in [0.2, 0.25) is 5.91 Å². The molecule has 0 spiro atoms. The maximum Gasteiger partial charge on any atom is 0.223 e. The number of fused-ring (bicyclic) bond motifs is 1. The van der Waals surface area contributed by atoms with Gasteiger partial charge in [-0.1, -0.05) is 31.2 Å². The summed E-state index contributed by atoms with van der Waals surface area (Å²) in [5, 5.41) is 3.05. The van der Waals surface area contributed by atoms with E-state index < -0.39 is 0 Å². The van der Waals surface area contributed by atoms with Crippen LogP contribution in [0.1, 0.15) is 37.6 Å². The Kier molecular flexibility index (Phi) is 6.87. The molecule has 4 rings (SSSR count). The van der Waals surface area contributed by atoms with Crippen molar-refractivity contribution in [2.75, 3.05) is 26.7 Å². The zero-order chi connectivity index (χ0) is 21.6. The Morgan fingerprint density at radius 1 is 1.10 bits per heavy atom. The summed E-state index contributed by atoms with van der Waals surface area (Å²) in [4.78, 5) is 19.7. The zero-order valence-corrected chi connectivity index (χ0v) is 18.5. The van der Waals surface area contributed by atoms with Crippen LogP contribution >= 0.6 is 0 Å². The van der Waals surface area contributed by atoms with Crippen molar-refractivity contribution in [2.45, 2.75) is 39.3 Å². The molecule has 31 heavy (non-hydrogen) atoms. The highest BCUT2D eigenvalue weighted by Crippen LogP contribution is 2.23. The number of imidazole rings is 1. The molecule has 1 amide bonds. The van der Waals surface area contributed by atoms with Crippen LogP contribution in [-0.4, -0.2) is 47.1 Å². The minimum Gasteiger partial charge on any atom is -0.497 e. The molecule has 1 N–H and O–H groups in total. The predicted octanol–water partition coefficient (Wildman–Crippen LogP) is 3.83. The average molecular weight is 421 g/mol. The van der Waals surface area contributed by atoms with Crippen LogP contribution in [0.2, 0.25) is 0 Å². The monoisotopic (exact) mass is 420 g/mol. The molecule has 2 heterocycles. The van der Waals surface area contributed by atoms with Crippen molar-refractivity contribution < 1.29 is 9.53 Å². The Balaban J connectivity index is 1.47. The third-order valence-electron chi connectivity index (χ3n) is 6.11. The number of hydrogen-bond acceptors (Lipinski definition) is 4. The Morgan fingerprint density at radius 2 is 1.84 bits per heavy atom. The fourth-order valence-corrected chi connectivity index (χ4v) is 4.28. The van der Waals surface area contributed by atoms with Gasteiger partial charge in [-0.2, -0.15) is 0 Å². The van der Waals surface area contributed by atoms with Crippen LogP contribution < -0.4 is 10.1 Å². The van der Waals surface area contributed by atoms with E-state index in [-0.39, 0.29) is 11.8 Å². The van der Waals surface area contributed by atoms with Crippen molar-refractivity contribution in [3.05, 3.63) is 59.9 Å². The minimum atomic E-state index is 0.140. The summed E-state index contributed by atoms with van der Waals surface area (Å²) in [5.74, 6) is 2.30. The summed E-state index contributed by atoms with van der Waals surface area (Å²) in [5.41, 5.74) is 3.40. The van der Waals surface area contributed by atoms with Gasteiger partial charge >= 0.3 is 0 Å². The van der Waals surface area contributed by atoms with Gasteiger partial charge in [-0.05, 0) is 62.2 Å². The van der Waals surface area contributed by atoms with Crippen LogP contribution in [0.15, 0.2) is 48.5 Å². The van der Waals surface area contributed by atoms with E-state index >= 15 is 0 Å². The standard InChI is InChI=1S/C25H32N4O2/c1-3-14-26-25(30)20-12-15-28(16-13-20)18-24-27-22-6-4-5-7-23(22)29(24)17-19-8-10-21(31-2)11-9-19/h4-11,20H,3,12-18H2,1-2H3,(H,26,30). The SMILES string of the molecule is CCCNC(=O)C1CCN(Cc2nc3ccccc3n2Cc2ccc(OC)cc2)CC1. The van der Waals surface area contributed by atoms with Gasteiger partial charge in [-0.25, -0.2) is 4.98 Å². The molecule has 0 unspecified atom stereocenters. The third-order valence-corrected chi connectivity index (χ3v) is 6.11. The van der Waals surface area contributed by atoms with Gasteiger partial charge in [0.25, 0.3) is 0 Å². The smallest absolute Gasteiger partial charge is 0.223 e. The van der Waals surface area contributed by atoms with Crippen LogP contribution in [0.4, 0.5) is 0 Å². The summed E-state index contributed by atoms with van der Waals surface area (Å²) in [6.45, 7) is 6.28. The summed E-state index contributed by atoms with van der Waals surface area (Å²) in [6, 6.07) is 16.5. The highest BCUT2D eigenvalue weighted by Gasteiger charge is 2.25. The quantitative estimate of drug-likeness (QED) is 0.602. The van der Waals surface area contributed by atoms with E-state index in [0.29, 0.717) is 0 Å². The number of nitrogens with one attached hydrogen (secondary N) is 1. The topological polar surface area (TPSA) is 59.4 Å². The minimum absolute atomic E-state index is 0.140. The van der Waals surface area contributed by atoms with E-state index in [1.165, 1.54) is 5.56 Å². The molecule has 0 radical (unpaired) electrons.